The van der Waals surface area contributed by atoms with Crippen molar-refractivity contribution in [1.29, 1.82) is 0 Å². The number of rotatable bonds is 12. The third-order valence-corrected chi connectivity index (χ3v) is 4.19. The van der Waals surface area contributed by atoms with E-state index in [1.165, 1.54) is 0 Å². The molecule has 31 heavy (non-hydrogen) atoms. The number of aromatic nitrogens is 1. The molecular weight excluding hydrogens is 419 g/mol. The van der Waals surface area contributed by atoms with Crippen LogP contribution in [0.15, 0.2) is 18.3 Å². The molecule has 3 atom stereocenters. The second-order valence-corrected chi connectivity index (χ2v) is 6.52. The predicted octanol–water partition coefficient (Wildman–Crippen LogP) is 0.190. The number of carbonyl (C=O) groups excluding carboxylic acids is 2. The summed E-state index contributed by atoms with van der Waals surface area (Å²) in [4.78, 5) is 60.8. The van der Waals surface area contributed by atoms with Crippen LogP contribution in [0.3, 0.4) is 0 Å². The Balaban J connectivity index is 2.73. The number of pyridine rings is 1. The number of carbonyl (C=O) groups is 5. The number of hydrogen-bond acceptors (Lipinski definition) is 6. The van der Waals surface area contributed by atoms with Crippen LogP contribution in [0, 0.1) is 5.95 Å². The lowest BCUT2D eigenvalue weighted by Gasteiger charge is -2.23. The predicted molar refractivity (Wildman–Crippen MR) is 102 cm³/mol. The molecule has 12 nitrogen and oxygen atoms in total. The van der Waals surface area contributed by atoms with Gasteiger partial charge in [-0.1, -0.05) is 6.92 Å². The Morgan fingerprint density at radius 3 is 2.13 bits per heavy atom. The Bertz CT molecular complexity index is 817. The van der Waals surface area contributed by atoms with E-state index in [2.05, 4.69) is 20.9 Å². The van der Waals surface area contributed by atoms with Gasteiger partial charge in [-0.3, -0.25) is 9.59 Å². The number of carboxylic acids is 3. The van der Waals surface area contributed by atoms with Gasteiger partial charge in [0.05, 0.1) is 5.56 Å². The van der Waals surface area contributed by atoms with Crippen LogP contribution in [0.5, 0.6) is 0 Å². The van der Waals surface area contributed by atoms with Crippen molar-refractivity contribution >= 4 is 29.8 Å². The van der Waals surface area contributed by atoms with Crippen molar-refractivity contribution in [3.63, 3.8) is 0 Å². The maximum absolute atomic E-state index is 12.9. The number of aliphatic carboxylic acids is 3. The monoisotopic (exact) mass is 442 g/mol. The van der Waals surface area contributed by atoms with Gasteiger partial charge in [0.25, 0.3) is 5.91 Å². The minimum absolute atomic E-state index is 0.0610. The number of carboxylic acid groups (broad SMARTS) is 3. The molecule has 0 saturated heterocycles. The molecule has 0 aliphatic heterocycles. The maximum atomic E-state index is 12.9. The number of halogens is 1. The van der Waals surface area contributed by atoms with Crippen molar-refractivity contribution in [2.75, 3.05) is 0 Å². The summed E-state index contributed by atoms with van der Waals surface area (Å²) in [6.45, 7) is 1.63. The molecule has 0 aliphatic rings. The number of nitrogens with one attached hydrogen (secondary N) is 3. The first-order chi connectivity index (χ1) is 14.5. The highest BCUT2D eigenvalue weighted by molar-refractivity contribution is 5.96. The highest BCUT2D eigenvalue weighted by Gasteiger charge is 2.27. The summed E-state index contributed by atoms with van der Waals surface area (Å²) >= 11 is 0. The second-order valence-electron chi connectivity index (χ2n) is 6.52. The van der Waals surface area contributed by atoms with Crippen LogP contribution in [-0.4, -0.2) is 68.3 Å². The number of amides is 3. The van der Waals surface area contributed by atoms with Crippen LogP contribution >= 0.6 is 0 Å². The quantitative estimate of drug-likeness (QED) is 0.245. The summed E-state index contributed by atoms with van der Waals surface area (Å²) in [5, 5.41) is 33.9. The Labute approximate surface area is 175 Å². The van der Waals surface area contributed by atoms with Crippen LogP contribution in [0.2, 0.25) is 0 Å². The van der Waals surface area contributed by atoms with E-state index in [1.807, 2.05) is 0 Å². The molecule has 0 spiro atoms. The number of urea groups is 1. The second kappa shape index (κ2) is 12.0. The summed E-state index contributed by atoms with van der Waals surface area (Å²) in [6.07, 6.45) is 0.147. The van der Waals surface area contributed by atoms with Gasteiger partial charge in [-0.2, -0.15) is 4.39 Å². The average Bonchev–Trinajstić information content (AvgIpc) is 2.69. The molecule has 0 bridgehead atoms. The van der Waals surface area contributed by atoms with Gasteiger partial charge >= 0.3 is 23.9 Å². The van der Waals surface area contributed by atoms with Gasteiger partial charge < -0.3 is 31.3 Å². The summed E-state index contributed by atoms with van der Waals surface area (Å²) in [7, 11) is 0. The van der Waals surface area contributed by atoms with Gasteiger partial charge in [0.1, 0.15) is 12.1 Å². The van der Waals surface area contributed by atoms with Gasteiger partial charge in [0.2, 0.25) is 5.95 Å². The van der Waals surface area contributed by atoms with Crippen LogP contribution in [0.4, 0.5) is 9.18 Å². The molecule has 0 radical (unpaired) electrons. The van der Waals surface area contributed by atoms with Crippen LogP contribution in [0.25, 0.3) is 0 Å². The third-order valence-electron chi connectivity index (χ3n) is 4.19. The van der Waals surface area contributed by atoms with Crippen molar-refractivity contribution in [2.45, 2.75) is 50.7 Å². The van der Waals surface area contributed by atoms with Crippen molar-refractivity contribution in [1.82, 2.24) is 20.9 Å². The summed E-state index contributed by atoms with van der Waals surface area (Å²) < 4.78 is 12.9. The lowest BCUT2D eigenvalue weighted by Crippen LogP contribution is -2.51. The zero-order valence-electron chi connectivity index (χ0n) is 16.5. The third kappa shape index (κ3) is 9.06. The lowest BCUT2D eigenvalue weighted by atomic mass is 10.0. The van der Waals surface area contributed by atoms with Gasteiger partial charge in [0, 0.05) is 18.7 Å². The van der Waals surface area contributed by atoms with E-state index in [1.54, 1.807) is 6.92 Å². The van der Waals surface area contributed by atoms with E-state index in [0.717, 1.165) is 18.3 Å². The molecule has 1 aromatic heterocycles. The van der Waals surface area contributed by atoms with E-state index < -0.39 is 60.3 Å². The minimum Gasteiger partial charge on any atom is -0.481 e. The summed E-state index contributed by atoms with van der Waals surface area (Å²) in [5.74, 6) is -5.65. The molecule has 0 saturated carbocycles. The fraction of sp³-hybridized carbons (Fsp3) is 0.444. The molecule has 3 amide bonds. The Morgan fingerprint density at radius 2 is 1.65 bits per heavy atom. The van der Waals surface area contributed by atoms with Gasteiger partial charge in [0.15, 0.2) is 0 Å². The molecule has 0 aromatic carbocycles. The summed E-state index contributed by atoms with van der Waals surface area (Å²) in [6, 6.07) is -2.48. The molecule has 6 N–H and O–H groups in total. The highest BCUT2D eigenvalue weighted by atomic mass is 19.1. The number of nitrogens with zero attached hydrogens (tertiary/aromatic N) is 1. The van der Waals surface area contributed by atoms with Crippen molar-refractivity contribution in [3.8, 4) is 0 Å². The zero-order valence-corrected chi connectivity index (χ0v) is 16.5. The molecule has 1 aromatic rings. The molecule has 3 unspecified atom stereocenters. The van der Waals surface area contributed by atoms with Crippen molar-refractivity contribution < 1.29 is 43.7 Å². The van der Waals surface area contributed by atoms with Gasteiger partial charge in [-0.05, 0) is 31.4 Å². The highest BCUT2D eigenvalue weighted by Crippen LogP contribution is 2.07. The fourth-order valence-electron chi connectivity index (χ4n) is 2.50. The first-order valence-corrected chi connectivity index (χ1v) is 9.20. The fourth-order valence-corrected chi connectivity index (χ4v) is 2.50. The van der Waals surface area contributed by atoms with Gasteiger partial charge in [-0.25, -0.2) is 19.4 Å². The lowest BCUT2D eigenvalue weighted by molar-refractivity contribution is -0.141. The van der Waals surface area contributed by atoms with E-state index in [9.17, 15) is 33.5 Å². The largest absolute Gasteiger partial charge is 0.481 e. The molecule has 170 valence electrons. The molecule has 0 fully saturated rings. The Hall–Kier alpha value is -3.77. The first-order valence-electron chi connectivity index (χ1n) is 9.20. The molecule has 1 heterocycles. The van der Waals surface area contributed by atoms with Gasteiger partial charge in [-0.15, -0.1) is 0 Å². The SMILES string of the molecule is CCC(CC(NC(=O)c1ccc(F)nc1)C(=O)O)NC(=O)NC(CCC(=O)O)C(=O)O. The average molecular weight is 442 g/mol. The van der Waals surface area contributed by atoms with E-state index >= 15 is 0 Å². The Morgan fingerprint density at radius 1 is 1.00 bits per heavy atom. The zero-order chi connectivity index (χ0) is 23.6. The standard InChI is InChI=1S/C18H23FN4O8/c1-2-10(21-18(31)23-11(16(27)28)4-6-14(24)25)7-12(17(29)30)22-15(26)9-3-5-13(19)20-8-9/h3,5,8,10-12H,2,4,6-7H2,1H3,(H,22,26)(H,24,25)(H,27,28)(H,29,30)(H2,21,23,31). The maximum Gasteiger partial charge on any atom is 0.326 e. The number of hydrogen-bond donors (Lipinski definition) is 6. The summed E-state index contributed by atoms with van der Waals surface area (Å²) in [5.41, 5.74) is -0.0610. The van der Waals surface area contributed by atoms with E-state index in [0.29, 0.717) is 0 Å². The topological polar surface area (TPSA) is 195 Å². The normalized spacial score (nSPS) is 13.4. The van der Waals surface area contributed by atoms with E-state index in [4.69, 9.17) is 10.2 Å². The van der Waals surface area contributed by atoms with Crippen molar-refractivity contribution in [2.24, 2.45) is 0 Å². The molecule has 0 aliphatic carbocycles. The van der Waals surface area contributed by atoms with E-state index in [-0.39, 0.29) is 24.8 Å². The molecule has 13 heteroatoms. The van der Waals surface area contributed by atoms with Crippen LogP contribution in [0.1, 0.15) is 43.0 Å². The van der Waals surface area contributed by atoms with Crippen molar-refractivity contribution in [3.05, 3.63) is 29.8 Å². The van der Waals surface area contributed by atoms with Crippen LogP contribution < -0.4 is 16.0 Å². The Kier molecular flexibility index (Phi) is 9.82. The first kappa shape index (κ1) is 25.3. The smallest absolute Gasteiger partial charge is 0.326 e. The molecular formula is C18H23FN4O8. The minimum atomic E-state index is -1.45. The van der Waals surface area contributed by atoms with Crippen LogP contribution in [-0.2, 0) is 14.4 Å². The molecule has 1 rings (SSSR count).